The van der Waals surface area contributed by atoms with Crippen LogP contribution in [0.1, 0.15) is 34.1 Å². The maximum absolute atomic E-state index is 11.4. The van der Waals surface area contributed by atoms with Crippen molar-refractivity contribution in [2.75, 3.05) is 0 Å². The summed E-state index contributed by atoms with van der Waals surface area (Å²) >= 11 is 1.82. The van der Waals surface area contributed by atoms with E-state index < -0.39 is 0 Å². The normalized spacial score (nSPS) is 10.6. The molecule has 0 saturated heterocycles. The molecule has 0 atom stereocenters. The van der Waals surface area contributed by atoms with Gasteiger partial charge in [0.25, 0.3) is 0 Å². The molecule has 0 spiro atoms. The molecule has 0 radical (unpaired) electrons. The molecule has 0 amide bonds. The van der Waals surface area contributed by atoms with Crippen molar-refractivity contribution in [1.29, 1.82) is 0 Å². The molecule has 2 heterocycles. The average molecular weight is 233 g/mol. The second-order valence-electron chi connectivity index (χ2n) is 3.80. The van der Waals surface area contributed by atoms with Gasteiger partial charge in [0.05, 0.1) is 12.2 Å². The summed E-state index contributed by atoms with van der Waals surface area (Å²) in [5.41, 5.74) is 0.784. The smallest absolute Gasteiger partial charge is 0.176 e. The van der Waals surface area contributed by atoms with Crippen LogP contribution in [0.3, 0.4) is 0 Å². The van der Waals surface area contributed by atoms with Crippen molar-refractivity contribution in [1.82, 2.24) is 4.57 Å². The van der Waals surface area contributed by atoms with Crippen molar-refractivity contribution in [3.05, 3.63) is 45.9 Å². The second kappa shape index (κ2) is 4.66. The van der Waals surface area contributed by atoms with E-state index in [4.69, 9.17) is 0 Å². The van der Waals surface area contributed by atoms with Crippen LogP contribution in [0.25, 0.3) is 0 Å². The van der Waals surface area contributed by atoms with Gasteiger partial charge in [-0.3, -0.25) is 4.79 Å². The Balaban J connectivity index is 2.20. The summed E-state index contributed by atoms with van der Waals surface area (Å²) in [5, 5.41) is 0. The molecule has 2 aromatic rings. The Morgan fingerprint density at radius 3 is 2.69 bits per heavy atom. The highest BCUT2D eigenvalue weighted by atomic mass is 32.1. The average Bonchev–Trinajstić information content (AvgIpc) is 2.87. The molecule has 0 aliphatic carbocycles. The first-order valence-corrected chi connectivity index (χ1v) is 6.26. The van der Waals surface area contributed by atoms with Crippen molar-refractivity contribution < 1.29 is 4.79 Å². The van der Waals surface area contributed by atoms with Gasteiger partial charge in [-0.1, -0.05) is 6.92 Å². The molecule has 0 saturated carbocycles. The van der Waals surface area contributed by atoms with Gasteiger partial charge in [0.1, 0.15) is 0 Å². The van der Waals surface area contributed by atoms with Crippen LogP contribution in [0.2, 0.25) is 0 Å². The lowest BCUT2D eigenvalue weighted by Crippen LogP contribution is -2.05. The third-order valence-corrected chi connectivity index (χ3v) is 3.80. The minimum Gasteiger partial charge on any atom is -0.340 e. The number of hydrogen-bond acceptors (Lipinski definition) is 2. The largest absolute Gasteiger partial charge is 0.340 e. The molecule has 0 bridgehead atoms. The number of carbonyl (C=O) groups excluding carboxylic acids is 1. The molecule has 0 aliphatic heterocycles. The predicted molar refractivity (Wildman–Crippen MR) is 67.2 cm³/mol. The van der Waals surface area contributed by atoms with Crippen LogP contribution >= 0.6 is 11.3 Å². The van der Waals surface area contributed by atoms with E-state index in [9.17, 15) is 4.79 Å². The first-order valence-electron chi connectivity index (χ1n) is 5.44. The number of hydrogen-bond donors (Lipinski definition) is 0. The van der Waals surface area contributed by atoms with Gasteiger partial charge in [0.2, 0.25) is 0 Å². The van der Waals surface area contributed by atoms with Crippen molar-refractivity contribution >= 4 is 17.1 Å². The van der Waals surface area contributed by atoms with Gasteiger partial charge in [-0.25, -0.2) is 0 Å². The number of ketones is 1. The van der Waals surface area contributed by atoms with Gasteiger partial charge in [0.15, 0.2) is 5.78 Å². The van der Waals surface area contributed by atoms with Crippen LogP contribution in [-0.4, -0.2) is 10.4 Å². The van der Waals surface area contributed by atoms with Crippen LogP contribution in [0.4, 0.5) is 0 Å². The highest BCUT2D eigenvalue weighted by molar-refractivity contribution is 7.11. The third-order valence-electron chi connectivity index (χ3n) is 2.58. The second-order valence-corrected chi connectivity index (χ2v) is 5.05. The van der Waals surface area contributed by atoms with E-state index in [1.54, 1.807) is 6.92 Å². The fraction of sp³-hybridized carbons (Fsp3) is 0.308. The zero-order valence-corrected chi connectivity index (χ0v) is 10.4. The van der Waals surface area contributed by atoms with E-state index in [1.165, 1.54) is 9.75 Å². The van der Waals surface area contributed by atoms with Gasteiger partial charge in [-0.05, 0) is 30.7 Å². The zero-order valence-electron chi connectivity index (χ0n) is 9.56. The fourth-order valence-corrected chi connectivity index (χ4v) is 2.69. The van der Waals surface area contributed by atoms with Crippen LogP contribution in [0.15, 0.2) is 30.5 Å². The van der Waals surface area contributed by atoms with Gasteiger partial charge < -0.3 is 4.57 Å². The van der Waals surface area contributed by atoms with Gasteiger partial charge in [-0.15, -0.1) is 11.3 Å². The van der Waals surface area contributed by atoms with E-state index in [1.807, 2.05) is 34.2 Å². The van der Waals surface area contributed by atoms with Gasteiger partial charge in [-0.2, -0.15) is 0 Å². The summed E-state index contributed by atoms with van der Waals surface area (Å²) in [6.07, 6.45) is 3.04. The molecule has 0 fully saturated rings. The van der Waals surface area contributed by atoms with E-state index in [-0.39, 0.29) is 5.78 Å². The molecule has 0 unspecified atom stereocenters. The molecule has 84 valence electrons. The summed E-state index contributed by atoms with van der Waals surface area (Å²) in [4.78, 5) is 14.1. The lowest BCUT2D eigenvalue weighted by Gasteiger charge is -2.04. The Kier molecular flexibility index (Phi) is 3.25. The Bertz CT molecular complexity index is 496. The highest BCUT2D eigenvalue weighted by Crippen LogP contribution is 2.19. The van der Waals surface area contributed by atoms with E-state index in [0.29, 0.717) is 0 Å². The van der Waals surface area contributed by atoms with E-state index in [2.05, 4.69) is 19.1 Å². The lowest BCUT2D eigenvalue weighted by molar-refractivity contribution is 0.100. The lowest BCUT2D eigenvalue weighted by atomic mass is 10.3. The molecule has 0 aromatic carbocycles. The number of carbonyl (C=O) groups is 1. The SMILES string of the molecule is CCc1ccc(Cn2cccc2C(C)=O)s1. The summed E-state index contributed by atoms with van der Waals surface area (Å²) in [7, 11) is 0. The maximum atomic E-state index is 11.4. The first kappa shape index (κ1) is 11.1. The molecular weight excluding hydrogens is 218 g/mol. The molecule has 0 N–H and O–H groups in total. The van der Waals surface area contributed by atoms with Crippen LogP contribution in [0, 0.1) is 0 Å². The Morgan fingerprint density at radius 1 is 1.31 bits per heavy atom. The highest BCUT2D eigenvalue weighted by Gasteiger charge is 2.07. The van der Waals surface area contributed by atoms with Gasteiger partial charge >= 0.3 is 0 Å². The molecule has 2 rings (SSSR count). The third kappa shape index (κ3) is 2.25. The fourth-order valence-electron chi connectivity index (χ4n) is 1.74. The van der Waals surface area contributed by atoms with Crippen LogP contribution in [-0.2, 0) is 13.0 Å². The zero-order chi connectivity index (χ0) is 11.5. The molecule has 0 aliphatic rings. The summed E-state index contributed by atoms with van der Waals surface area (Å²) < 4.78 is 2.01. The minimum absolute atomic E-state index is 0.122. The number of aromatic nitrogens is 1. The van der Waals surface area contributed by atoms with E-state index in [0.717, 1.165) is 18.7 Å². The number of nitrogens with zero attached hydrogens (tertiary/aromatic N) is 1. The summed E-state index contributed by atoms with van der Waals surface area (Å²) in [6, 6.07) is 8.10. The van der Waals surface area contributed by atoms with Gasteiger partial charge in [0, 0.05) is 22.9 Å². The first-order chi connectivity index (χ1) is 7.70. The predicted octanol–water partition coefficient (Wildman–Crippen LogP) is 3.36. The standard InChI is InChI=1S/C13H15NOS/c1-3-11-6-7-12(16-11)9-14-8-4-5-13(14)10(2)15/h4-8H,3,9H2,1-2H3. The number of aryl methyl sites for hydroxylation is 1. The Labute approximate surface area is 99.5 Å². The number of thiophene rings is 1. The number of rotatable bonds is 4. The minimum atomic E-state index is 0.122. The van der Waals surface area contributed by atoms with Crippen LogP contribution < -0.4 is 0 Å². The quantitative estimate of drug-likeness (QED) is 0.742. The Morgan fingerprint density at radius 2 is 2.06 bits per heavy atom. The summed E-state index contributed by atoms with van der Waals surface area (Å²) in [5.74, 6) is 0.122. The van der Waals surface area contributed by atoms with Crippen LogP contribution in [0.5, 0.6) is 0 Å². The molecule has 3 heteroatoms. The number of Topliss-reactive ketones (excluding diaryl/α,β-unsaturated/α-hetero) is 1. The molecular formula is C13H15NOS. The monoisotopic (exact) mass is 233 g/mol. The van der Waals surface area contributed by atoms with E-state index >= 15 is 0 Å². The Hall–Kier alpha value is -1.35. The molecule has 2 nitrogen and oxygen atoms in total. The molecule has 16 heavy (non-hydrogen) atoms. The van der Waals surface area contributed by atoms with Crippen molar-refractivity contribution in [3.63, 3.8) is 0 Å². The summed E-state index contributed by atoms with van der Waals surface area (Å²) in [6.45, 7) is 4.57. The van der Waals surface area contributed by atoms with Crippen molar-refractivity contribution in [3.8, 4) is 0 Å². The topological polar surface area (TPSA) is 22.0 Å². The van der Waals surface area contributed by atoms with Crippen molar-refractivity contribution in [2.24, 2.45) is 0 Å². The molecule has 2 aromatic heterocycles. The van der Waals surface area contributed by atoms with Crippen molar-refractivity contribution in [2.45, 2.75) is 26.8 Å². The maximum Gasteiger partial charge on any atom is 0.176 e.